The van der Waals surface area contributed by atoms with Crippen LogP contribution in [-0.4, -0.2) is 35.2 Å². The maximum absolute atomic E-state index is 10.6. The van der Waals surface area contributed by atoms with E-state index >= 15 is 0 Å². The molecule has 0 fully saturated rings. The molecule has 0 amide bonds. The zero-order chi connectivity index (χ0) is 15.0. The molecule has 0 heterocycles. The first-order chi connectivity index (χ1) is 9.37. The molecule has 0 spiro atoms. The Morgan fingerprint density at radius 3 is 2.35 bits per heavy atom. The fraction of sp³-hybridized carbons (Fsp3) is 0.538. The first kappa shape index (κ1) is 17.3. The van der Waals surface area contributed by atoms with Crippen molar-refractivity contribution in [3.63, 3.8) is 0 Å². The van der Waals surface area contributed by atoms with Crippen LogP contribution >= 0.6 is 7.82 Å². The molecule has 0 aromatic heterocycles. The summed E-state index contributed by atoms with van der Waals surface area (Å²) in [5, 5.41) is 0. The highest BCUT2D eigenvalue weighted by Gasteiger charge is 2.19. The zero-order valence-electron chi connectivity index (χ0n) is 11.6. The van der Waals surface area contributed by atoms with Gasteiger partial charge in [0, 0.05) is 0 Å². The van der Waals surface area contributed by atoms with Crippen molar-refractivity contribution >= 4 is 7.82 Å². The molecule has 0 radical (unpaired) electrons. The molecule has 20 heavy (non-hydrogen) atoms. The summed E-state index contributed by atoms with van der Waals surface area (Å²) >= 11 is 0. The van der Waals surface area contributed by atoms with E-state index in [4.69, 9.17) is 19.3 Å². The van der Waals surface area contributed by atoms with E-state index in [9.17, 15) is 4.57 Å². The van der Waals surface area contributed by atoms with E-state index in [1.54, 1.807) is 0 Å². The van der Waals surface area contributed by atoms with E-state index in [1.807, 2.05) is 37.3 Å². The normalized spacial score (nSPS) is 15.0. The number of ether oxygens (including phenoxy) is 2. The lowest BCUT2D eigenvalue weighted by atomic mass is 10.2. The third kappa shape index (κ3) is 8.43. The van der Waals surface area contributed by atoms with Gasteiger partial charge in [-0.05, 0) is 19.4 Å². The summed E-state index contributed by atoms with van der Waals surface area (Å²) in [6.07, 6.45) is -0.853. The van der Waals surface area contributed by atoms with Crippen molar-refractivity contribution in [3.05, 3.63) is 35.9 Å². The van der Waals surface area contributed by atoms with Crippen LogP contribution in [0.1, 0.15) is 19.4 Å². The second-order valence-electron chi connectivity index (χ2n) is 4.55. The molecule has 6 nitrogen and oxygen atoms in total. The van der Waals surface area contributed by atoms with Gasteiger partial charge >= 0.3 is 7.82 Å². The Hall–Kier alpha value is -0.750. The fourth-order valence-electron chi connectivity index (χ4n) is 1.53. The highest BCUT2D eigenvalue weighted by molar-refractivity contribution is 7.46. The van der Waals surface area contributed by atoms with Crippen molar-refractivity contribution in [1.82, 2.24) is 0 Å². The van der Waals surface area contributed by atoms with Crippen LogP contribution < -0.4 is 0 Å². The Morgan fingerprint density at radius 1 is 1.10 bits per heavy atom. The molecular formula is C13H21O6P. The van der Waals surface area contributed by atoms with Gasteiger partial charge in [-0.15, -0.1) is 0 Å². The molecule has 1 aromatic rings. The van der Waals surface area contributed by atoms with E-state index in [1.165, 1.54) is 6.92 Å². The van der Waals surface area contributed by atoms with Crippen molar-refractivity contribution < 1.29 is 28.3 Å². The summed E-state index contributed by atoms with van der Waals surface area (Å²) in [6.45, 7) is 4.37. The van der Waals surface area contributed by atoms with Gasteiger partial charge in [0.1, 0.15) is 0 Å². The molecule has 1 aromatic carbocycles. The number of rotatable bonds is 9. The number of phosphoric ester groups is 1. The van der Waals surface area contributed by atoms with Crippen LogP contribution in [0.5, 0.6) is 0 Å². The van der Waals surface area contributed by atoms with E-state index in [2.05, 4.69) is 4.52 Å². The Balaban J connectivity index is 2.14. The summed E-state index contributed by atoms with van der Waals surface area (Å²) in [7, 11) is -4.45. The van der Waals surface area contributed by atoms with Crippen LogP contribution in [-0.2, 0) is 25.2 Å². The van der Waals surface area contributed by atoms with Crippen LogP contribution in [0.15, 0.2) is 30.3 Å². The molecule has 0 saturated carbocycles. The van der Waals surface area contributed by atoms with Gasteiger partial charge in [-0.2, -0.15) is 0 Å². The third-order valence-corrected chi connectivity index (χ3v) is 3.03. The van der Waals surface area contributed by atoms with Crippen molar-refractivity contribution in [2.75, 3.05) is 13.2 Å². The lowest BCUT2D eigenvalue weighted by Gasteiger charge is -2.18. The first-order valence-electron chi connectivity index (χ1n) is 6.34. The third-order valence-electron chi connectivity index (χ3n) is 2.40. The highest BCUT2D eigenvalue weighted by atomic mass is 31.2. The Kier molecular flexibility index (Phi) is 7.37. The SMILES string of the molecule is CC(COCc1ccccc1)OCC(C)OP(=O)(O)O. The molecule has 114 valence electrons. The van der Waals surface area contributed by atoms with E-state index in [0.29, 0.717) is 13.2 Å². The van der Waals surface area contributed by atoms with Gasteiger partial charge in [-0.25, -0.2) is 4.57 Å². The van der Waals surface area contributed by atoms with E-state index in [0.717, 1.165) is 5.56 Å². The van der Waals surface area contributed by atoms with Gasteiger partial charge in [-0.1, -0.05) is 30.3 Å². The first-order valence-corrected chi connectivity index (χ1v) is 7.87. The molecule has 0 aliphatic heterocycles. The molecular weight excluding hydrogens is 283 g/mol. The standard InChI is InChI=1S/C13H21O6P/c1-11(18-9-12(2)19-20(14,15)16)8-17-10-13-6-4-3-5-7-13/h3-7,11-12H,8-10H2,1-2H3,(H2,14,15,16). The Morgan fingerprint density at radius 2 is 1.75 bits per heavy atom. The largest absolute Gasteiger partial charge is 0.469 e. The molecule has 0 bridgehead atoms. The quantitative estimate of drug-likeness (QED) is 0.680. The Bertz CT molecular complexity index is 418. The minimum Gasteiger partial charge on any atom is -0.374 e. The zero-order valence-corrected chi connectivity index (χ0v) is 12.5. The number of hydrogen-bond acceptors (Lipinski definition) is 4. The topological polar surface area (TPSA) is 85.2 Å². The second-order valence-corrected chi connectivity index (χ2v) is 5.74. The molecule has 0 aliphatic carbocycles. The van der Waals surface area contributed by atoms with Gasteiger partial charge < -0.3 is 19.3 Å². The smallest absolute Gasteiger partial charge is 0.374 e. The molecule has 0 saturated heterocycles. The number of benzene rings is 1. The minimum absolute atomic E-state index is 0.0982. The minimum atomic E-state index is -4.45. The summed E-state index contributed by atoms with van der Waals surface area (Å²) in [5.41, 5.74) is 1.08. The maximum atomic E-state index is 10.6. The van der Waals surface area contributed by atoms with Crippen LogP contribution in [0.2, 0.25) is 0 Å². The highest BCUT2D eigenvalue weighted by Crippen LogP contribution is 2.37. The summed E-state index contributed by atoms with van der Waals surface area (Å²) < 4.78 is 26.0. The van der Waals surface area contributed by atoms with Crippen LogP contribution in [0.4, 0.5) is 0 Å². The molecule has 1 rings (SSSR count). The molecule has 7 heteroatoms. The van der Waals surface area contributed by atoms with Gasteiger partial charge in [0.25, 0.3) is 0 Å². The number of phosphoric acid groups is 1. The summed E-state index contributed by atoms with van der Waals surface area (Å²) in [4.78, 5) is 17.3. The van der Waals surface area contributed by atoms with E-state index < -0.39 is 13.9 Å². The summed E-state index contributed by atoms with van der Waals surface area (Å²) in [5.74, 6) is 0. The van der Waals surface area contributed by atoms with E-state index in [-0.39, 0.29) is 12.7 Å². The lowest BCUT2D eigenvalue weighted by molar-refractivity contribution is -0.0393. The van der Waals surface area contributed by atoms with Gasteiger partial charge in [0.2, 0.25) is 0 Å². The van der Waals surface area contributed by atoms with Crippen LogP contribution in [0.3, 0.4) is 0 Å². The van der Waals surface area contributed by atoms with Gasteiger partial charge in [0.05, 0.1) is 32.0 Å². The van der Waals surface area contributed by atoms with Crippen LogP contribution in [0, 0.1) is 0 Å². The van der Waals surface area contributed by atoms with Gasteiger partial charge in [-0.3, -0.25) is 4.52 Å². The molecule has 2 unspecified atom stereocenters. The van der Waals surface area contributed by atoms with Crippen molar-refractivity contribution in [2.45, 2.75) is 32.7 Å². The average Bonchev–Trinajstić information content (AvgIpc) is 2.36. The predicted octanol–water partition coefficient (Wildman–Crippen LogP) is 2.11. The fourth-order valence-corrected chi connectivity index (χ4v) is 2.06. The summed E-state index contributed by atoms with van der Waals surface area (Å²) in [6, 6.07) is 9.78. The lowest BCUT2D eigenvalue weighted by Crippen LogP contribution is -2.22. The van der Waals surface area contributed by atoms with Gasteiger partial charge in [0.15, 0.2) is 0 Å². The van der Waals surface area contributed by atoms with Crippen molar-refractivity contribution in [1.29, 1.82) is 0 Å². The van der Waals surface area contributed by atoms with Crippen LogP contribution in [0.25, 0.3) is 0 Å². The van der Waals surface area contributed by atoms with Crippen molar-refractivity contribution in [3.8, 4) is 0 Å². The molecule has 0 aliphatic rings. The van der Waals surface area contributed by atoms with Crippen molar-refractivity contribution in [2.24, 2.45) is 0 Å². The molecule has 2 N–H and O–H groups in total. The predicted molar refractivity (Wildman–Crippen MR) is 74.1 cm³/mol. The maximum Gasteiger partial charge on any atom is 0.469 e. The monoisotopic (exact) mass is 304 g/mol. The average molecular weight is 304 g/mol. The number of hydrogen-bond donors (Lipinski definition) is 2. The molecule has 2 atom stereocenters. The second kappa shape index (κ2) is 8.52. The Labute approximate surface area is 118 Å².